The topological polar surface area (TPSA) is 41.3 Å². The molecule has 5 rings (SSSR count). The number of nitrogens with zero attached hydrogens (tertiary/aromatic N) is 2. The molecule has 1 unspecified atom stereocenters. The van der Waals surface area contributed by atoms with Gasteiger partial charge in [-0.15, -0.1) is 12.4 Å². The van der Waals surface area contributed by atoms with Gasteiger partial charge in [-0.3, -0.25) is 4.90 Å². The molecule has 23 heavy (non-hydrogen) atoms. The standard InChI is InChI=1S/C16H19ClFN3O.ClH/c1-16(2)14(9-3-5-21(16)6-4-9)19-15-10-7-12(18)11(17)8-13(10)22-20-15;/h7-9,14H,3-6H2,1-2H3,(H,19,20);1H. The third-order valence-electron chi connectivity index (χ3n) is 5.39. The highest BCUT2D eigenvalue weighted by Crippen LogP contribution is 2.41. The highest BCUT2D eigenvalue weighted by Gasteiger charge is 2.47. The van der Waals surface area contributed by atoms with Crippen LogP contribution in [0.1, 0.15) is 26.7 Å². The van der Waals surface area contributed by atoms with Gasteiger partial charge in [0.05, 0.1) is 10.4 Å². The van der Waals surface area contributed by atoms with Crippen molar-refractivity contribution in [1.29, 1.82) is 0 Å². The fourth-order valence-electron chi connectivity index (χ4n) is 4.06. The second kappa shape index (κ2) is 5.80. The SMILES string of the molecule is CC1(C)C(Nc2noc3cc(Cl)c(F)cc23)C2CCN1CC2.Cl. The Morgan fingerprint density at radius 1 is 1.35 bits per heavy atom. The molecule has 0 spiro atoms. The highest BCUT2D eigenvalue weighted by molar-refractivity contribution is 6.31. The number of nitrogens with one attached hydrogen (secondary N) is 1. The van der Waals surface area contributed by atoms with Gasteiger partial charge in [-0.2, -0.15) is 0 Å². The summed E-state index contributed by atoms with van der Waals surface area (Å²) in [5, 5.41) is 8.31. The molecule has 3 aliphatic rings. The Morgan fingerprint density at radius 2 is 2.04 bits per heavy atom. The minimum absolute atomic E-state index is 0. The monoisotopic (exact) mass is 359 g/mol. The summed E-state index contributed by atoms with van der Waals surface area (Å²) in [6, 6.07) is 3.15. The van der Waals surface area contributed by atoms with Crippen molar-refractivity contribution in [2.24, 2.45) is 5.92 Å². The van der Waals surface area contributed by atoms with E-state index in [2.05, 4.69) is 29.2 Å². The molecule has 7 heteroatoms. The van der Waals surface area contributed by atoms with Crippen molar-refractivity contribution in [3.05, 3.63) is 23.0 Å². The summed E-state index contributed by atoms with van der Waals surface area (Å²) in [5.74, 6) is 0.773. The maximum Gasteiger partial charge on any atom is 0.177 e. The number of rotatable bonds is 2. The molecule has 1 aromatic heterocycles. The summed E-state index contributed by atoms with van der Waals surface area (Å²) in [5.41, 5.74) is 0.560. The first-order chi connectivity index (χ1) is 10.5. The highest BCUT2D eigenvalue weighted by atomic mass is 35.5. The van der Waals surface area contributed by atoms with E-state index >= 15 is 0 Å². The van der Waals surface area contributed by atoms with Gasteiger partial charge in [-0.05, 0) is 51.8 Å². The van der Waals surface area contributed by atoms with E-state index in [1.54, 1.807) is 0 Å². The van der Waals surface area contributed by atoms with Gasteiger partial charge in [0.1, 0.15) is 5.82 Å². The Labute approximate surface area is 145 Å². The molecular formula is C16H20Cl2FN3O. The number of hydrogen-bond acceptors (Lipinski definition) is 4. The largest absolute Gasteiger partial charge is 0.362 e. The lowest BCUT2D eigenvalue weighted by atomic mass is 9.72. The zero-order valence-electron chi connectivity index (χ0n) is 13.1. The molecule has 1 N–H and O–H groups in total. The number of piperidine rings is 3. The minimum atomic E-state index is -0.450. The summed E-state index contributed by atoms with van der Waals surface area (Å²) < 4.78 is 19.0. The normalized spacial score (nSPS) is 28.6. The lowest BCUT2D eigenvalue weighted by Gasteiger charge is -2.56. The Bertz CT molecular complexity index is 725. The van der Waals surface area contributed by atoms with Crippen LogP contribution in [-0.4, -0.2) is 34.7 Å². The van der Waals surface area contributed by atoms with E-state index in [0.29, 0.717) is 22.7 Å². The van der Waals surface area contributed by atoms with Gasteiger partial charge in [0.2, 0.25) is 0 Å². The first kappa shape index (κ1) is 16.8. The molecule has 3 aliphatic heterocycles. The average Bonchev–Trinajstić information content (AvgIpc) is 2.86. The molecule has 1 atom stereocenters. The first-order valence-electron chi connectivity index (χ1n) is 7.73. The fraction of sp³-hybridized carbons (Fsp3) is 0.562. The zero-order valence-corrected chi connectivity index (χ0v) is 14.7. The maximum atomic E-state index is 13.7. The van der Waals surface area contributed by atoms with Crippen molar-refractivity contribution in [3.63, 3.8) is 0 Å². The van der Waals surface area contributed by atoms with E-state index in [9.17, 15) is 4.39 Å². The second-order valence-electron chi connectivity index (χ2n) is 6.89. The number of aromatic nitrogens is 1. The minimum Gasteiger partial charge on any atom is -0.362 e. The van der Waals surface area contributed by atoms with Crippen LogP contribution in [0.4, 0.5) is 10.2 Å². The third kappa shape index (κ3) is 2.59. The van der Waals surface area contributed by atoms with Crippen LogP contribution < -0.4 is 5.32 Å². The summed E-state index contributed by atoms with van der Waals surface area (Å²) in [7, 11) is 0. The molecule has 0 amide bonds. The molecule has 0 saturated carbocycles. The zero-order chi connectivity index (χ0) is 15.5. The lowest BCUT2D eigenvalue weighted by molar-refractivity contribution is -0.0189. The predicted octanol–water partition coefficient (Wildman–Crippen LogP) is 4.33. The van der Waals surface area contributed by atoms with Crippen molar-refractivity contribution in [1.82, 2.24) is 10.1 Å². The van der Waals surface area contributed by atoms with Gasteiger partial charge in [0.25, 0.3) is 0 Å². The summed E-state index contributed by atoms with van der Waals surface area (Å²) in [6.45, 7) is 6.82. The van der Waals surface area contributed by atoms with E-state index in [1.165, 1.54) is 25.0 Å². The first-order valence-corrected chi connectivity index (χ1v) is 8.10. The van der Waals surface area contributed by atoms with Crippen LogP contribution in [0.2, 0.25) is 5.02 Å². The van der Waals surface area contributed by atoms with Crippen molar-refractivity contribution >= 4 is 40.8 Å². The Morgan fingerprint density at radius 3 is 2.70 bits per heavy atom. The van der Waals surface area contributed by atoms with Crippen LogP contribution >= 0.6 is 24.0 Å². The van der Waals surface area contributed by atoms with Crippen molar-refractivity contribution in [2.75, 3.05) is 18.4 Å². The molecule has 2 bridgehead atoms. The summed E-state index contributed by atoms with van der Waals surface area (Å²) in [4.78, 5) is 2.52. The molecule has 4 heterocycles. The summed E-state index contributed by atoms with van der Waals surface area (Å²) in [6.07, 6.45) is 2.38. The molecule has 0 radical (unpaired) electrons. The number of fused-ring (bicyclic) bond motifs is 4. The van der Waals surface area contributed by atoms with Crippen molar-refractivity contribution in [2.45, 2.75) is 38.3 Å². The van der Waals surface area contributed by atoms with Crippen LogP contribution in [0.25, 0.3) is 11.0 Å². The Hall–Kier alpha value is -1.04. The van der Waals surface area contributed by atoms with Crippen LogP contribution in [0.5, 0.6) is 0 Å². The van der Waals surface area contributed by atoms with Gasteiger partial charge < -0.3 is 9.84 Å². The summed E-state index contributed by atoms with van der Waals surface area (Å²) >= 11 is 5.80. The molecular weight excluding hydrogens is 340 g/mol. The van der Waals surface area contributed by atoms with Gasteiger partial charge >= 0.3 is 0 Å². The van der Waals surface area contributed by atoms with Gasteiger partial charge in [-0.25, -0.2) is 4.39 Å². The van der Waals surface area contributed by atoms with Crippen molar-refractivity contribution in [3.8, 4) is 0 Å². The number of anilines is 1. The molecule has 0 aliphatic carbocycles. The van der Waals surface area contributed by atoms with Crippen molar-refractivity contribution < 1.29 is 8.91 Å². The Balaban J connectivity index is 0.00000156. The average molecular weight is 360 g/mol. The molecule has 1 aromatic carbocycles. The van der Waals surface area contributed by atoms with Gasteiger partial charge in [-0.1, -0.05) is 16.8 Å². The number of benzene rings is 1. The smallest absolute Gasteiger partial charge is 0.177 e. The van der Waals surface area contributed by atoms with E-state index < -0.39 is 5.82 Å². The quantitative estimate of drug-likeness (QED) is 0.866. The van der Waals surface area contributed by atoms with Crippen LogP contribution in [0.3, 0.4) is 0 Å². The molecule has 4 nitrogen and oxygen atoms in total. The van der Waals surface area contributed by atoms with E-state index in [-0.39, 0.29) is 29.0 Å². The predicted molar refractivity (Wildman–Crippen MR) is 92.0 cm³/mol. The van der Waals surface area contributed by atoms with Crippen LogP contribution in [0, 0.1) is 11.7 Å². The number of halogens is 3. The lowest BCUT2D eigenvalue weighted by Crippen LogP contribution is -2.66. The molecule has 3 fully saturated rings. The molecule has 3 saturated heterocycles. The maximum absolute atomic E-state index is 13.7. The molecule has 126 valence electrons. The third-order valence-corrected chi connectivity index (χ3v) is 5.68. The van der Waals surface area contributed by atoms with E-state index in [0.717, 1.165) is 13.1 Å². The van der Waals surface area contributed by atoms with Gasteiger partial charge in [0, 0.05) is 17.6 Å². The van der Waals surface area contributed by atoms with E-state index in [1.807, 2.05) is 0 Å². The van der Waals surface area contributed by atoms with Crippen LogP contribution in [0.15, 0.2) is 16.7 Å². The Kier molecular flexibility index (Phi) is 4.23. The fourth-order valence-corrected chi connectivity index (χ4v) is 4.22. The molecule has 2 aromatic rings. The second-order valence-corrected chi connectivity index (χ2v) is 7.30. The van der Waals surface area contributed by atoms with Crippen LogP contribution in [-0.2, 0) is 0 Å². The number of hydrogen-bond donors (Lipinski definition) is 1. The van der Waals surface area contributed by atoms with Gasteiger partial charge in [0.15, 0.2) is 11.4 Å². The van der Waals surface area contributed by atoms with E-state index in [4.69, 9.17) is 16.1 Å².